The van der Waals surface area contributed by atoms with Gasteiger partial charge in [-0.3, -0.25) is 9.59 Å². The molecule has 3 rings (SSSR count). The SMILES string of the molecule is C[C@]1(O)CCCN(C(=O)c2ccc(C(=O)N3CCOCC3)cc2)CC1. The zero-order chi connectivity index (χ0) is 17.9. The summed E-state index contributed by atoms with van der Waals surface area (Å²) in [7, 11) is 0. The number of nitrogens with zero attached hydrogens (tertiary/aromatic N) is 2. The summed E-state index contributed by atoms with van der Waals surface area (Å²) in [4.78, 5) is 28.7. The van der Waals surface area contributed by atoms with Crippen molar-refractivity contribution < 1.29 is 19.4 Å². The van der Waals surface area contributed by atoms with Crippen LogP contribution in [0.25, 0.3) is 0 Å². The topological polar surface area (TPSA) is 70.1 Å². The number of rotatable bonds is 2. The minimum atomic E-state index is -0.691. The number of hydrogen-bond donors (Lipinski definition) is 1. The Bertz CT molecular complexity index is 621. The predicted molar refractivity (Wildman–Crippen MR) is 93.5 cm³/mol. The standard InChI is InChI=1S/C19H26N2O4/c1-19(24)7-2-9-20(10-8-19)17(22)15-3-5-16(6-4-15)18(23)21-11-13-25-14-12-21/h3-6,24H,2,7-14H2,1H3/t19-/m0/s1. The van der Waals surface area contributed by atoms with Crippen LogP contribution in [-0.4, -0.2) is 71.7 Å². The molecule has 1 atom stereocenters. The number of carbonyl (C=O) groups is 2. The molecule has 2 fully saturated rings. The van der Waals surface area contributed by atoms with Gasteiger partial charge in [0.05, 0.1) is 18.8 Å². The molecule has 25 heavy (non-hydrogen) atoms. The highest BCUT2D eigenvalue weighted by Crippen LogP contribution is 2.22. The summed E-state index contributed by atoms with van der Waals surface area (Å²) >= 11 is 0. The van der Waals surface area contributed by atoms with Gasteiger partial charge < -0.3 is 19.6 Å². The summed E-state index contributed by atoms with van der Waals surface area (Å²) in [5.74, 6) is -0.0591. The highest BCUT2D eigenvalue weighted by atomic mass is 16.5. The van der Waals surface area contributed by atoms with Crippen LogP contribution in [0.5, 0.6) is 0 Å². The molecule has 136 valence electrons. The molecule has 6 nitrogen and oxygen atoms in total. The van der Waals surface area contributed by atoms with Gasteiger partial charge in [0.15, 0.2) is 0 Å². The van der Waals surface area contributed by atoms with Crippen LogP contribution in [0.3, 0.4) is 0 Å². The first-order valence-electron chi connectivity index (χ1n) is 8.95. The molecule has 0 aromatic heterocycles. The predicted octanol–water partition coefficient (Wildman–Crippen LogP) is 1.54. The third-order valence-electron chi connectivity index (χ3n) is 5.03. The van der Waals surface area contributed by atoms with E-state index in [-0.39, 0.29) is 11.8 Å². The van der Waals surface area contributed by atoms with Gasteiger partial charge in [-0.1, -0.05) is 0 Å². The van der Waals surface area contributed by atoms with E-state index in [0.29, 0.717) is 63.4 Å². The van der Waals surface area contributed by atoms with E-state index in [4.69, 9.17) is 4.74 Å². The summed E-state index contributed by atoms with van der Waals surface area (Å²) in [6.45, 7) is 5.39. The van der Waals surface area contributed by atoms with Crippen LogP contribution in [0.4, 0.5) is 0 Å². The van der Waals surface area contributed by atoms with E-state index in [1.54, 1.807) is 34.1 Å². The molecule has 2 aliphatic heterocycles. The minimum Gasteiger partial charge on any atom is -0.390 e. The van der Waals surface area contributed by atoms with Gasteiger partial charge in [-0.2, -0.15) is 0 Å². The Morgan fingerprint density at radius 1 is 0.920 bits per heavy atom. The highest BCUT2D eigenvalue weighted by molar-refractivity contribution is 5.97. The molecule has 2 amide bonds. The molecule has 0 saturated carbocycles. The number of carbonyl (C=O) groups excluding carboxylic acids is 2. The average Bonchev–Trinajstić information content (AvgIpc) is 2.82. The van der Waals surface area contributed by atoms with Crippen LogP contribution in [0.2, 0.25) is 0 Å². The van der Waals surface area contributed by atoms with Gasteiger partial charge in [0.1, 0.15) is 0 Å². The van der Waals surface area contributed by atoms with Crippen molar-refractivity contribution in [3.8, 4) is 0 Å². The highest BCUT2D eigenvalue weighted by Gasteiger charge is 2.27. The molecule has 1 N–H and O–H groups in total. The Labute approximate surface area is 148 Å². The zero-order valence-corrected chi connectivity index (χ0v) is 14.7. The second-order valence-corrected chi connectivity index (χ2v) is 7.12. The van der Waals surface area contributed by atoms with E-state index in [0.717, 1.165) is 6.42 Å². The van der Waals surface area contributed by atoms with E-state index in [1.807, 2.05) is 6.92 Å². The molecule has 2 saturated heterocycles. The Morgan fingerprint density at radius 2 is 1.44 bits per heavy atom. The van der Waals surface area contributed by atoms with E-state index < -0.39 is 5.60 Å². The summed E-state index contributed by atoms with van der Waals surface area (Å²) in [6.07, 6.45) is 2.10. The van der Waals surface area contributed by atoms with Crippen LogP contribution >= 0.6 is 0 Å². The first-order chi connectivity index (χ1) is 12.0. The largest absolute Gasteiger partial charge is 0.390 e. The van der Waals surface area contributed by atoms with E-state index in [1.165, 1.54) is 0 Å². The number of ether oxygens (including phenoxy) is 1. The summed E-state index contributed by atoms with van der Waals surface area (Å²) in [5, 5.41) is 10.2. The lowest BCUT2D eigenvalue weighted by molar-refractivity contribution is 0.0302. The Kier molecular flexibility index (Phi) is 5.39. The van der Waals surface area contributed by atoms with Crippen LogP contribution in [-0.2, 0) is 4.74 Å². The van der Waals surface area contributed by atoms with Gasteiger partial charge in [-0.25, -0.2) is 0 Å². The van der Waals surface area contributed by atoms with E-state index in [9.17, 15) is 14.7 Å². The van der Waals surface area contributed by atoms with Gasteiger partial charge in [-0.15, -0.1) is 0 Å². The molecule has 1 aromatic rings. The molecule has 2 aliphatic rings. The quantitative estimate of drug-likeness (QED) is 0.882. The molecule has 6 heteroatoms. The number of benzene rings is 1. The fourth-order valence-corrected chi connectivity index (χ4v) is 3.35. The fourth-order valence-electron chi connectivity index (χ4n) is 3.35. The molecule has 1 aromatic carbocycles. The summed E-state index contributed by atoms with van der Waals surface area (Å²) in [5.41, 5.74) is 0.487. The monoisotopic (exact) mass is 346 g/mol. The number of likely N-dealkylation sites (tertiary alicyclic amines) is 1. The lowest BCUT2D eigenvalue weighted by atomic mass is 9.98. The molecule has 0 spiro atoms. The van der Waals surface area contributed by atoms with Gasteiger partial charge in [0.25, 0.3) is 11.8 Å². The Balaban J connectivity index is 1.65. The van der Waals surface area contributed by atoms with Crippen LogP contribution in [0.15, 0.2) is 24.3 Å². The van der Waals surface area contributed by atoms with Crippen LogP contribution in [0.1, 0.15) is 46.9 Å². The van der Waals surface area contributed by atoms with Crippen molar-refractivity contribution >= 4 is 11.8 Å². The Morgan fingerprint density at radius 3 is 2.00 bits per heavy atom. The van der Waals surface area contributed by atoms with Crippen molar-refractivity contribution in [3.05, 3.63) is 35.4 Å². The van der Waals surface area contributed by atoms with Crippen molar-refractivity contribution in [2.45, 2.75) is 31.8 Å². The normalized spacial score (nSPS) is 24.7. The number of hydrogen-bond acceptors (Lipinski definition) is 4. The maximum Gasteiger partial charge on any atom is 0.254 e. The number of amides is 2. The van der Waals surface area contributed by atoms with Crippen molar-refractivity contribution in [1.29, 1.82) is 0 Å². The van der Waals surface area contributed by atoms with Crippen LogP contribution in [0, 0.1) is 0 Å². The van der Waals surface area contributed by atoms with Crippen molar-refractivity contribution in [2.75, 3.05) is 39.4 Å². The van der Waals surface area contributed by atoms with Crippen molar-refractivity contribution in [3.63, 3.8) is 0 Å². The average molecular weight is 346 g/mol. The lowest BCUT2D eigenvalue weighted by Crippen LogP contribution is -2.40. The number of morpholine rings is 1. The molecule has 2 heterocycles. The zero-order valence-electron chi connectivity index (χ0n) is 14.7. The van der Waals surface area contributed by atoms with Gasteiger partial charge in [-0.05, 0) is 50.5 Å². The maximum atomic E-state index is 12.7. The van der Waals surface area contributed by atoms with Crippen LogP contribution < -0.4 is 0 Å². The fraction of sp³-hybridized carbons (Fsp3) is 0.579. The molecule has 0 bridgehead atoms. The molecular weight excluding hydrogens is 320 g/mol. The van der Waals surface area contributed by atoms with Gasteiger partial charge in [0.2, 0.25) is 0 Å². The summed E-state index contributed by atoms with van der Waals surface area (Å²) in [6, 6.07) is 6.89. The van der Waals surface area contributed by atoms with Gasteiger partial charge >= 0.3 is 0 Å². The second kappa shape index (κ2) is 7.54. The van der Waals surface area contributed by atoms with Crippen molar-refractivity contribution in [2.24, 2.45) is 0 Å². The molecule has 0 aliphatic carbocycles. The smallest absolute Gasteiger partial charge is 0.254 e. The summed E-state index contributed by atoms with van der Waals surface area (Å²) < 4.78 is 5.27. The molecule has 0 unspecified atom stereocenters. The number of aliphatic hydroxyl groups is 1. The molecule has 0 radical (unpaired) electrons. The Hall–Kier alpha value is -1.92. The lowest BCUT2D eigenvalue weighted by Gasteiger charge is -2.27. The van der Waals surface area contributed by atoms with Gasteiger partial charge in [0, 0.05) is 37.3 Å². The van der Waals surface area contributed by atoms with E-state index in [2.05, 4.69) is 0 Å². The van der Waals surface area contributed by atoms with Crippen molar-refractivity contribution in [1.82, 2.24) is 9.80 Å². The second-order valence-electron chi connectivity index (χ2n) is 7.12. The minimum absolute atomic E-state index is 0.0203. The first kappa shape index (κ1) is 17.9. The van der Waals surface area contributed by atoms with E-state index >= 15 is 0 Å². The third kappa shape index (κ3) is 4.38. The first-order valence-corrected chi connectivity index (χ1v) is 8.95. The third-order valence-corrected chi connectivity index (χ3v) is 5.03. The molecular formula is C19H26N2O4. The maximum absolute atomic E-state index is 12.7.